The topological polar surface area (TPSA) is 131 Å². The number of aliphatic hydroxyl groups is 1. The van der Waals surface area contributed by atoms with Gasteiger partial charge in [0.25, 0.3) is 0 Å². The van der Waals surface area contributed by atoms with Gasteiger partial charge in [0, 0.05) is 19.4 Å². The van der Waals surface area contributed by atoms with Crippen LogP contribution in [-0.2, 0) is 27.9 Å². The molecule has 0 radical (unpaired) electrons. The first kappa shape index (κ1) is 63.7. The van der Waals surface area contributed by atoms with Gasteiger partial charge in [0.1, 0.15) is 12.7 Å². The fourth-order valence-corrected chi connectivity index (χ4v) is 8.40. The van der Waals surface area contributed by atoms with Gasteiger partial charge in [-0.1, -0.05) is 242 Å². The molecule has 384 valence electrons. The van der Waals surface area contributed by atoms with E-state index in [1.807, 2.05) is 0 Å². The number of aliphatic hydroxyl groups excluding tert-OH is 1. The van der Waals surface area contributed by atoms with E-state index < -0.39 is 26.5 Å². The molecule has 0 saturated carbocycles. The summed E-state index contributed by atoms with van der Waals surface area (Å²) in [6, 6.07) is 0. The van der Waals surface area contributed by atoms with Crippen LogP contribution in [0.15, 0.2) is 60.8 Å². The maximum atomic E-state index is 12.2. The predicted molar refractivity (Wildman–Crippen MR) is 280 cm³/mol. The van der Waals surface area contributed by atoms with Crippen LogP contribution in [0.25, 0.3) is 0 Å². The van der Waals surface area contributed by atoms with Crippen LogP contribution in [0.4, 0.5) is 0 Å². The molecule has 0 aromatic rings. The molecule has 66 heavy (non-hydrogen) atoms. The molecule has 0 bridgehead atoms. The van der Waals surface area contributed by atoms with Gasteiger partial charge < -0.3 is 20.1 Å². The number of phosphoric acid groups is 1. The van der Waals surface area contributed by atoms with Crippen LogP contribution in [0.3, 0.4) is 0 Å². The van der Waals surface area contributed by atoms with Crippen molar-refractivity contribution in [3.63, 3.8) is 0 Å². The largest absolute Gasteiger partial charge is 0.472 e. The second-order valence-electron chi connectivity index (χ2n) is 18.2. The number of ether oxygens (including phenoxy) is 1. The molecule has 0 aliphatic rings. The molecule has 0 fully saturated rings. The molecule has 0 aromatic carbocycles. The van der Waals surface area contributed by atoms with E-state index in [4.69, 9.17) is 13.8 Å². The Hall–Kier alpha value is -2.29. The van der Waals surface area contributed by atoms with Gasteiger partial charge in [-0.25, -0.2) is 4.57 Å². The summed E-state index contributed by atoms with van der Waals surface area (Å²) in [6.45, 7) is 3.46. The van der Waals surface area contributed by atoms with Crippen molar-refractivity contribution in [3.8, 4) is 0 Å². The van der Waals surface area contributed by atoms with E-state index >= 15 is 0 Å². The summed E-state index contributed by atoms with van der Waals surface area (Å²) in [5.41, 5.74) is 0. The highest BCUT2D eigenvalue weighted by Gasteiger charge is 2.23. The molecular formula is C56H102NO8P. The molecule has 9 nitrogen and oxygen atoms in total. The first-order valence-corrected chi connectivity index (χ1v) is 28.8. The van der Waals surface area contributed by atoms with Crippen molar-refractivity contribution in [3.05, 3.63) is 60.8 Å². The number of amides is 1. The number of esters is 1. The van der Waals surface area contributed by atoms with E-state index in [0.717, 1.165) is 83.5 Å². The third-order valence-electron chi connectivity index (χ3n) is 11.7. The number of unbranched alkanes of at least 4 members (excludes halogenated alkanes) is 28. The summed E-state index contributed by atoms with van der Waals surface area (Å²) in [7, 11) is -4.43. The van der Waals surface area contributed by atoms with Crippen LogP contribution in [0.2, 0.25) is 0 Å². The lowest BCUT2D eigenvalue weighted by Gasteiger charge is -2.15. The number of allylic oxidation sites excluding steroid dienone is 10. The third kappa shape index (κ3) is 52.7. The molecule has 0 aromatic heterocycles. The van der Waals surface area contributed by atoms with E-state index in [1.54, 1.807) is 0 Å². The van der Waals surface area contributed by atoms with Crippen LogP contribution in [0.5, 0.6) is 0 Å². The Morgan fingerprint density at radius 1 is 0.485 bits per heavy atom. The Bertz CT molecular complexity index is 1260. The molecule has 0 saturated heterocycles. The number of phosphoric ester groups is 1. The number of hydrogen-bond acceptors (Lipinski definition) is 7. The second kappa shape index (κ2) is 52.1. The van der Waals surface area contributed by atoms with Gasteiger partial charge in [-0.3, -0.25) is 18.6 Å². The van der Waals surface area contributed by atoms with Crippen molar-refractivity contribution >= 4 is 19.7 Å². The molecule has 2 atom stereocenters. The average molecular weight is 948 g/mol. The molecule has 2 unspecified atom stereocenters. The summed E-state index contributed by atoms with van der Waals surface area (Å²) in [5, 5.41) is 12.8. The monoisotopic (exact) mass is 948 g/mol. The summed E-state index contributed by atoms with van der Waals surface area (Å²) in [4.78, 5) is 34.1. The highest BCUT2D eigenvalue weighted by molar-refractivity contribution is 7.47. The number of nitrogens with one attached hydrogen (secondary N) is 1. The van der Waals surface area contributed by atoms with Gasteiger partial charge >= 0.3 is 13.8 Å². The zero-order chi connectivity index (χ0) is 48.1. The Balaban J connectivity index is 3.56. The van der Waals surface area contributed by atoms with Crippen molar-refractivity contribution in [2.75, 3.05) is 26.4 Å². The lowest BCUT2D eigenvalue weighted by atomic mass is 10.0. The number of hydrogen-bond donors (Lipinski definition) is 3. The van der Waals surface area contributed by atoms with Gasteiger partial charge in [-0.2, -0.15) is 0 Å². The van der Waals surface area contributed by atoms with E-state index in [9.17, 15) is 24.2 Å². The Kier molecular flexibility index (Phi) is 50.3. The first-order valence-electron chi connectivity index (χ1n) is 27.3. The zero-order valence-corrected chi connectivity index (χ0v) is 43.5. The highest BCUT2D eigenvalue weighted by Crippen LogP contribution is 2.42. The maximum absolute atomic E-state index is 12.2. The second-order valence-corrected chi connectivity index (χ2v) is 19.6. The maximum Gasteiger partial charge on any atom is 0.472 e. The Morgan fingerprint density at radius 3 is 1.30 bits per heavy atom. The normalized spacial score (nSPS) is 13.6. The summed E-state index contributed by atoms with van der Waals surface area (Å²) >= 11 is 0. The van der Waals surface area contributed by atoms with Gasteiger partial charge in [-0.05, 0) is 57.8 Å². The van der Waals surface area contributed by atoms with Crippen LogP contribution < -0.4 is 5.32 Å². The van der Waals surface area contributed by atoms with Crippen LogP contribution in [-0.4, -0.2) is 54.3 Å². The Labute approximate surface area is 406 Å². The van der Waals surface area contributed by atoms with E-state index in [-0.39, 0.29) is 32.1 Å². The van der Waals surface area contributed by atoms with Crippen LogP contribution >= 0.6 is 7.82 Å². The molecule has 0 heterocycles. The molecule has 10 heteroatoms. The van der Waals surface area contributed by atoms with Crippen molar-refractivity contribution in [1.29, 1.82) is 0 Å². The van der Waals surface area contributed by atoms with Crippen LogP contribution in [0, 0.1) is 0 Å². The van der Waals surface area contributed by atoms with Crippen molar-refractivity contribution in [2.45, 2.75) is 258 Å². The number of carbonyl (C=O) groups is 2. The standard InChI is InChI=1S/C56H102NO8P/c1-3-5-7-9-11-13-15-17-19-21-23-25-26-27-29-30-32-34-36-38-40-42-44-46-48-55(59)57-50-51-64-66(61,62)65-53-54(58)52-63-56(60)49-47-45-43-41-39-37-35-33-31-28-24-22-20-18-16-14-12-10-8-6-4-2/h6,8,12,14,18,20,24,28,33,35,54,58H,3-5,7,9-11,13,15-17,19,21-23,25-27,29-32,34,36-53H2,1-2H3,(H,57,59)(H,61,62)/b8-6-,14-12-,20-18-,28-24-,35-33-. The van der Waals surface area contributed by atoms with Crippen molar-refractivity contribution < 1.29 is 37.9 Å². The molecule has 0 spiro atoms. The number of rotatable bonds is 51. The van der Waals surface area contributed by atoms with Crippen molar-refractivity contribution in [2.24, 2.45) is 0 Å². The molecule has 0 rings (SSSR count). The smallest absolute Gasteiger partial charge is 0.463 e. The van der Waals surface area contributed by atoms with Crippen LogP contribution in [0.1, 0.15) is 251 Å². The molecule has 0 aliphatic heterocycles. The van der Waals surface area contributed by atoms with Crippen molar-refractivity contribution in [1.82, 2.24) is 5.32 Å². The quantitative estimate of drug-likeness (QED) is 0.0238. The summed E-state index contributed by atoms with van der Waals surface area (Å²) < 4.78 is 27.0. The fourth-order valence-electron chi connectivity index (χ4n) is 7.65. The summed E-state index contributed by atoms with van der Waals surface area (Å²) in [6.07, 6.45) is 64.6. The SMILES string of the molecule is CC/C=C\C/C=C\C/C=C\C/C=C\C/C=C\CCCCCCCC(=O)OCC(O)COP(=O)(O)OCCNC(=O)CCCCCCCCCCCCCCCCCCCCCCCCCC. The minimum atomic E-state index is -4.43. The number of carbonyl (C=O) groups excluding carboxylic acids is 2. The fraction of sp³-hybridized carbons (Fsp3) is 0.786. The van der Waals surface area contributed by atoms with Gasteiger partial charge in [0.05, 0.1) is 13.2 Å². The van der Waals surface area contributed by atoms with Gasteiger partial charge in [-0.15, -0.1) is 0 Å². The van der Waals surface area contributed by atoms with Gasteiger partial charge in [0.15, 0.2) is 0 Å². The highest BCUT2D eigenvalue weighted by atomic mass is 31.2. The average Bonchev–Trinajstić information content (AvgIpc) is 3.31. The lowest BCUT2D eigenvalue weighted by Crippen LogP contribution is -2.27. The first-order chi connectivity index (χ1) is 32.3. The Morgan fingerprint density at radius 2 is 0.864 bits per heavy atom. The van der Waals surface area contributed by atoms with Gasteiger partial charge in [0.2, 0.25) is 5.91 Å². The predicted octanol–water partition coefficient (Wildman–Crippen LogP) is 16.4. The summed E-state index contributed by atoms with van der Waals surface area (Å²) in [5.74, 6) is -0.529. The third-order valence-corrected chi connectivity index (χ3v) is 12.7. The zero-order valence-electron chi connectivity index (χ0n) is 42.6. The molecule has 3 N–H and O–H groups in total. The van der Waals surface area contributed by atoms with E-state index in [2.05, 4.69) is 79.9 Å². The minimum Gasteiger partial charge on any atom is -0.463 e. The van der Waals surface area contributed by atoms with E-state index in [0.29, 0.717) is 12.8 Å². The molecule has 1 amide bonds. The van der Waals surface area contributed by atoms with E-state index in [1.165, 1.54) is 135 Å². The molecule has 0 aliphatic carbocycles. The minimum absolute atomic E-state index is 0.0800. The lowest BCUT2D eigenvalue weighted by molar-refractivity contribution is -0.147. The molecular weight excluding hydrogens is 846 g/mol.